The van der Waals surface area contributed by atoms with Crippen LogP contribution in [0.25, 0.3) is 0 Å². The van der Waals surface area contributed by atoms with Crippen LogP contribution in [0.2, 0.25) is 0 Å². The Kier molecular flexibility index (Phi) is 3.95. The van der Waals surface area contributed by atoms with Gasteiger partial charge in [0.1, 0.15) is 5.60 Å². The van der Waals surface area contributed by atoms with E-state index in [4.69, 9.17) is 9.47 Å². The molecule has 6 nitrogen and oxygen atoms in total. The highest BCUT2D eigenvalue weighted by Gasteiger charge is 2.81. The SMILES string of the molecule is C[C@H](O)C1=CC[C@@]23OCCN(C)CC12C[C@H](O)[C@]12O[C@]4(O)CC[C@@]1(C)[C@H](CC[C@H]23)C4. The molecule has 0 radical (unpaired) electrons. The number of fused-ring (bicyclic) bond motifs is 1. The van der Waals surface area contributed by atoms with Crippen LogP contribution in [0.5, 0.6) is 0 Å². The van der Waals surface area contributed by atoms with E-state index in [0.717, 1.165) is 44.3 Å². The van der Waals surface area contributed by atoms with Gasteiger partial charge in [-0.3, -0.25) is 0 Å². The van der Waals surface area contributed by atoms with E-state index in [9.17, 15) is 15.3 Å². The summed E-state index contributed by atoms with van der Waals surface area (Å²) in [5.41, 5.74) is -0.832. The number of aliphatic hydroxyl groups is 3. The molecule has 7 rings (SSSR count). The molecule has 0 amide bonds. The van der Waals surface area contributed by atoms with Crippen molar-refractivity contribution < 1.29 is 24.8 Å². The van der Waals surface area contributed by atoms with E-state index in [1.54, 1.807) is 0 Å². The second kappa shape index (κ2) is 5.89. The molecule has 0 aromatic carbocycles. The first-order valence-corrected chi connectivity index (χ1v) is 11.9. The third kappa shape index (κ3) is 2.03. The van der Waals surface area contributed by atoms with Crippen molar-refractivity contribution in [3.05, 3.63) is 11.6 Å². The van der Waals surface area contributed by atoms with Crippen LogP contribution in [0.15, 0.2) is 11.6 Å². The van der Waals surface area contributed by atoms with Crippen molar-refractivity contribution in [2.75, 3.05) is 26.7 Å². The lowest BCUT2D eigenvalue weighted by molar-refractivity contribution is -0.447. The van der Waals surface area contributed by atoms with Crippen molar-refractivity contribution in [1.82, 2.24) is 4.90 Å². The minimum atomic E-state index is -1.13. The van der Waals surface area contributed by atoms with Gasteiger partial charge < -0.3 is 29.7 Å². The molecule has 4 aliphatic carbocycles. The Hall–Kier alpha value is -0.500. The summed E-state index contributed by atoms with van der Waals surface area (Å²) in [6.07, 6.45) is 6.42. The van der Waals surface area contributed by atoms with E-state index in [2.05, 4.69) is 24.9 Å². The maximum Gasteiger partial charge on any atom is 0.166 e. The van der Waals surface area contributed by atoms with E-state index in [1.165, 1.54) is 0 Å². The Morgan fingerprint density at radius 2 is 2.03 bits per heavy atom. The number of ether oxygens (including phenoxy) is 2. The zero-order valence-corrected chi connectivity index (χ0v) is 18.6. The van der Waals surface area contributed by atoms with Crippen LogP contribution in [0.1, 0.15) is 58.8 Å². The molecular formula is C24H37NO5. The normalized spacial score (nSPS) is 58.3. The molecule has 0 aromatic rings. The third-order valence-electron chi connectivity index (χ3n) is 10.5. The monoisotopic (exact) mass is 419 g/mol. The molecule has 4 bridgehead atoms. The Morgan fingerprint density at radius 3 is 2.80 bits per heavy atom. The predicted octanol–water partition coefficient (Wildman–Crippen LogP) is 1.82. The summed E-state index contributed by atoms with van der Waals surface area (Å²) in [6.45, 7) is 6.41. The Labute approximate surface area is 179 Å². The highest BCUT2D eigenvalue weighted by molar-refractivity contribution is 5.40. The summed E-state index contributed by atoms with van der Waals surface area (Å²) in [5.74, 6) is -0.751. The Balaban J connectivity index is 1.56. The second-order valence-corrected chi connectivity index (χ2v) is 11.6. The van der Waals surface area contributed by atoms with Gasteiger partial charge in [0.05, 0.1) is 24.4 Å². The predicted molar refractivity (Wildman–Crippen MR) is 111 cm³/mol. The van der Waals surface area contributed by atoms with Crippen molar-refractivity contribution in [3.63, 3.8) is 0 Å². The number of hydrogen-bond acceptors (Lipinski definition) is 6. The topological polar surface area (TPSA) is 82.4 Å². The van der Waals surface area contributed by atoms with Gasteiger partial charge in [0.15, 0.2) is 5.79 Å². The van der Waals surface area contributed by atoms with Gasteiger partial charge in [-0.15, -0.1) is 0 Å². The molecule has 3 saturated carbocycles. The number of hydrogen-bond donors (Lipinski definition) is 3. The fourth-order valence-corrected chi connectivity index (χ4v) is 9.37. The number of likely N-dealkylation sites (N-methyl/N-ethyl adjacent to an activating group) is 1. The summed E-state index contributed by atoms with van der Waals surface area (Å²) in [6, 6.07) is 0. The molecule has 3 aliphatic heterocycles. The first kappa shape index (κ1) is 20.1. The van der Waals surface area contributed by atoms with Crippen LogP contribution >= 0.6 is 0 Å². The average molecular weight is 420 g/mol. The first-order valence-electron chi connectivity index (χ1n) is 11.9. The molecule has 1 unspecified atom stereocenters. The zero-order valence-electron chi connectivity index (χ0n) is 18.6. The van der Waals surface area contributed by atoms with Crippen molar-refractivity contribution in [3.8, 4) is 0 Å². The molecule has 6 fully saturated rings. The van der Waals surface area contributed by atoms with Gasteiger partial charge in [0.2, 0.25) is 0 Å². The lowest BCUT2D eigenvalue weighted by Crippen LogP contribution is -2.83. The zero-order chi connectivity index (χ0) is 21.2. The van der Waals surface area contributed by atoms with Gasteiger partial charge in [0.25, 0.3) is 0 Å². The van der Waals surface area contributed by atoms with Gasteiger partial charge >= 0.3 is 0 Å². The highest BCUT2D eigenvalue weighted by Crippen LogP contribution is 2.75. The molecule has 168 valence electrons. The van der Waals surface area contributed by atoms with E-state index in [0.29, 0.717) is 31.8 Å². The fraction of sp³-hybridized carbons (Fsp3) is 0.917. The fourth-order valence-electron chi connectivity index (χ4n) is 9.37. The van der Waals surface area contributed by atoms with Crippen LogP contribution in [-0.2, 0) is 9.47 Å². The lowest BCUT2D eigenvalue weighted by Gasteiger charge is -2.75. The molecule has 7 aliphatic rings. The molecular weight excluding hydrogens is 382 g/mol. The smallest absolute Gasteiger partial charge is 0.166 e. The van der Waals surface area contributed by atoms with Crippen LogP contribution < -0.4 is 0 Å². The van der Waals surface area contributed by atoms with Crippen LogP contribution in [0.3, 0.4) is 0 Å². The first-order chi connectivity index (χ1) is 14.1. The van der Waals surface area contributed by atoms with Crippen LogP contribution in [0.4, 0.5) is 0 Å². The Morgan fingerprint density at radius 1 is 1.23 bits per heavy atom. The van der Waals surface area contributed by atoms with Gasteiger partial charge in [0, 0.05) is 42.7 Å². The van der Waals surface area contributed by atoms with Crippen molar-refractivity contribution in [2.24, 2.45) is 22.7 Å². The molecule has 30 heavy (non-hydrogen) atoms. The summed E-state index contributed by atoms with van der Waals surface area (Å²) in [5, 5.41) is 34.0. The summed E-state index contributed by atoms with van der Waals surface area (Å²) in [4.78, 5) is 2.29. The minimum Gasteiger partial charge on any atom is -0.390 e. The quantitative estimate of drug-likeness (QED) is 0.563. The van der Waals surface area contributed by atoms with Crippen molar-refractivity contribution in [2.45, 2.75) is 88.0 Å². The van der Waals surface area contributed by atoms with E-state index in [-0.39, 0.29) is 11.3 Å². The van der Waals surface area contributed by atoms with E-state index < -0.39 is 34.6 Å². The maximum absolute atomic E-state index is 11.9. The van der Waals surface area contributed by atoms with Crippen LogP contribution in [0, 0.1) is 22.7 Å². The van der Waals surface area contributed by atoms with Gasteiger partial charge in [-0.25, -0.2) is 0 Å². The summed E-state index contributed by atoms with van der Waals surface area (Å²) >= 11 is 0. The number of rotatable bonds is 1. The Bertz CT molecular complexity index is 800. The van der Waals surface area contributed by atoms with E-state index >= 15 is 0 Å². The van der Waals surface area contributed by atoms with Gasteiger partial charge in [-0.2, -0.15) is 0 Å². The van der Waals surface area contributed by atoms with Crippen LogP contribution in [-0.4, -0.2) is 76.2 Å². The molecule has 0 aromatic heterocycles. The maximum atomic E-state index is 11.9. The molecule has 6 heteroatoms. The molecule has 3 heterocycles. The standard InChI is InChI=1S/C24H37NO5/c1-15(26)17-6-7-23-18-5-4-16-12-22(28)9-8-20(16,2)24(18,30-22)19(27)13-21(17,23)14-25(3)10-11-29-23/h6,15-16,18-19,26-28H,4-5,7-14H2,1-3H3/t15-,16+,18-,19-,20-,21?,22+,23-,24-/m0/s1. The minimum absolute atomic E-state index is 0.00104. The van der Waals surface area contributed by atoms with Crippen molar-refractivity contribution >= 4 is 0 Å². The number of aliphatic hydroxyl groups excluding tert-OH is 2. The largest absolute Gasteiger partial charge is 0.390 e. The van der Waals surface area contributed by atoms with Gasteiger partial charge in [-0.05, 0) is 57.6 Å². The molecule has 1 spiro atoms. The molecule has 3 saturated heterocycles. The third-order valence-corrected chi connectivity index (χ3v) is 10.5. The lowest BCUT2D eigenvalue weighted by atomic mass is 9.38. The highest BCUT2D eigenvalue weighted by atomic mass is 16.7. The second-order valence-electron chi connectivity index (χ2n) is 11.6. The molecule has 3 N–H and O–H groups in total. The van der Waals surface area contributed by atoms with Gasteiger partial charge in [-0.1, -0.05) is 13.0 Å². The number of nitrogens with zero attached hydrogens (tertiary/aromatic N) is 1. The van der Waals surface area contributed by atoms with Crippen molar-refractivity contribution in [1.29, 1.82) is 0 Å². The average Bonchev–Trinajstić information content (AvgIpc) is 2.88. The van der Waals surface area contributed by atoms with E-state index in [1.807, 2.05) is 6.92 Å². The summed E-state index contributed by atoms with van der Waals surface area (Å²) in [7, 11) is 2.11. The summed E-state index contributed by atoms with van der Waals surface area (Å²) < 4.78 is 13.6. The molecule has 9 atom stereocenters.